The molecule has 3 aromatic heterocycles. The average molecular weight is 287 g/mol. The van der Waals surface area contributed by atoms with Crippen LogP contribution in [0, 0.1) is 5.82 Å². The Hall–Kier alpha value is -2.15. The molecule has 5 nitrogen and oxygen atoms in total. The van der Waals surface area contributed by atoms with Crippen molar-refractivity contribution in [1.29, 1.82) is 0 Å². The third-order valence-corrected chi connectivity index (χ3v) is 4.55. The van der Waals surface area contributed by atoms with Crippen LogP contribution in [0.3, 0.4) is 0 Å². The maximum Gasteiger partial charge on any atom is 0.225 e. The fourth-order valence-corrected chi connectivity index (χ4v) is 3.65. The molecule has 0 aliphatic carbocycles. The minimum absolute atomic E-state index is 0.413. The van der Waals surface area contributed by atoms with E-state index in [1.807, 2.05) is 6.20 Å². The van der Waals surface area contributed by atoms with E-state index < -0.39 is 5.82 Å². The molecule has 0 aromatic carbocycles. The van der Waals surface area contributed by atoms with Gasteiger partial charge in [-0.3, -0.25) is 0 Å². The summed E-state index contributed by atoms with van der Waals surface area (Å²) in [4.78, 5) is 20.8. The first-order valence-corrected chi connectivity index (χ1v) is 7.05. The van der Waals surface area contributed by atoms with Gasteiger partial charge >= 0.3 is 0 Å². The van der Waals surface area contributed by atoms with Crippen molar-refractivity contribution in [2.75, 3.05) is 11.4 Å². The van der Waals surface area contributed by atoms with Crippen molar-refractivity contribution in [2.24, 2.45) is 0 Å². The highest BCUT2D eigenvalue weighted by Gasteiger charge is 2.23. The van der Waals surface area contributed by atoms with Gasteiger partial charge in [0.25, 0.3) is 0 Å². The highest BCUT2D eigenvalue weighted by molar-refractivity contribution is 7.18. The quantitative estimate of drug-likeness (QED) is 0.686. The maximum atomic E-state index is 12.9. The molecule has 0 amide bonds. The van der Waals surface area contributed by atoms with E-state index in [1.54, 1.807) is 17.7 Å². The van der Waals surface area contributed by atoms with Gasteiger partial charge in [0.15, 0.2) is 5.82 Å². The zero-order valence-electron chi connectivity index (χ0n) is 10.5. The summed E-state index contributed by atoms with van der Waals surface area (Å²) in [6.45, 7) is 1.56. The van der Waals surface area contributed by atoms with Crippen LogP contribution in [0.2, 0.25) is 0 Å². The molecule has 4 heterocycles. The van der Waals surface area contributed by atoms with Crippen molar-refractivity contribution >= 4 is 27.5 Å². The zero-order valence-corrected chi connectivity index (χ0v) is 11.3. The summed E-state index contributed by atoms with van der Waals surface area (Å²) < 4.78 is 12.9. The Morgan fingerprint density at radius 2 is 2.00 bits per heavy atom. The molecule has 1 aliphatic rings. The van der Waals surface area contributed by atoms with Gasteiger partial charge < -0.3 is 4.90 Å². The number of aromatic nitrogens is 4. The van der Waals surface area contributed by atoms with Crippen LogP contribution in [0.1, 0.15) is 10.4 Å². The number of anilines is 1. The first kappa shape index (κ1) is 11.7. The largest absolute Gasteiger partial charge is 0.335 e. The lowest BCUT2D eigenvalue weighted by Gasteiger charge is -2.26. The van der Waals surface area contributed by atoms with Crippen LogP contribution in [-0.4, -0.2) is 26.5 Å². The molecule has 7 heteroatoms. The molecular weight excluding hydrogens is 277 g/mol. The Morgan fingerprint density at radius 3 is 2.85 bits per heavy atom. The Labute approximate surface area is 118 Å². The predicted molar refractivity (Wildman–Crippen MR) is 74.2 cm³/mol. The van der Waals surface area contributed by atoms with E-state index in [4.69, 9.17) is 0 Å². The van der Waals surface area contributed by atoms with Crippen LogP contribution in [0.4, 0.5) is 10.3 Å². The van der Waals surface area contributed by atoms with Crippen molar-refractivity contribution in [2.45, 2.75) is 13.0 Å². The second-order valence-electron chi connectivity index (χ2n) is 4.62. The van der Waals surface area contributed by atoms with Crippen LogP contribution >= 0.6 is 11.3 Å². The molecule has 0 atom stereocenters. The van der Waals surface area contributed by atoms with Gasteiger partial charge in [0, 0.05) is 23.0 Å². The Bertz CT molecular complexity index is 770. The topological polar surface area (TPSA) is 54.8 Å². The summed E-state index contributed by atoms with van der Waals surface area (Å²) >= 11 is 1.68. The third-order valence-electron chi connectivity index (χ3n) is 3.41. The molecule has 0 radical (unpaired) electrons. The van der Waals surface area contributed by atoms with Crippen LogP contribution in [0.5, 0.6) is 0 Å². The lowest BCUT2D eigenvalue weighted by atomic mass is 10.1. The highest BCUT2D eigenvalue weighted by atomic mass is 32.1. The smallest absolute Gasteiger partial charge is 0.225 e. The fraction of sp³-hybridized carbons (Fsp3) is 0.231. The molecule has 100 valence electrons. The summed E-state index contributed by atoms with van der Waals surface area (Å²) in [5.74, 6) is 0.157. The molecule has 0 saturated heterocycles. The molecule has 0 bridgehead atoms. The summed E-state index contributed by atoms with van der Waals surface area (Å²) in [5.41, 5.74) is 1.32. The van der Waals surface area contributed by atoms with Crippen molar-refractivity contribution in [3.63, 3.8) is 0 Å². The Morgan fingerprint density at radius 1 is 1.15 bits per heavy atom. The number of rotatable bonds is 1. The SMILES string of the molecule is Fc1cnc(N2CCc3c(sc4ncncc34)C2)nc1. The van der Waals surface area contributed by atoms with E-state index in [0.29, 0.717) is 5.95 Å². The van der Waals surface area contributed by atoms with E-state index >= 15 is 0 Å². The zero-order chi connectivity index (χ0) is 13.5. The molecule has 20 heavy (non-hydrogen) atoms. The fourth-order valence-electron chi connectivity index (χ4n) is 2.48. The number of halogens is 1. The minimum atomic E-state index is -0.413. The normalized spacial score (nSPS) is 14.6. The first-order valence-electron chi connectivity index (χ1n) is 6.24. The van der Waals surface area contributed by atoms with E-state index in [0.717, 1.165) is 29.7 Å². The van der Waals surface area contributed by atoms with Crippen LogP contribution < -0.4 is 4.90 Å². The summed E-state index contributed by atoms with van der Waals surface area (Å²) in [7, 11) is 0. The number of nitrogens with zero attached hydrogens (tertiary/aromatic N) is 5. The van der Waals surface area contributed by atoms with E-state index in [1.165, 1.54) is 22.8 Å². The van der Waals surface area contributed by atoms with E-state index in [2.05, 4.69) is 24.8 Å². The second kappa shape index (κ2) is 4.45. The summed E-state index contributed by atoms with van der Waals surface area (Å²) in [6.07, 6.45) is 6.76. The maximum absolute atomic E-state index is 12.9. The molecule has 4 rings (SSSR count). The van der Waals surface area contributed by atoms with Crippen LogP contribution in [0.15, 0.2) is 24.9 Å². The molecule has 0 spiro atoms. The molecule has 1 aliphatic heterocycles. The van der Waals surface area contributed by atoms with Crippen molar-refractivity contribution in [3.05, 3.63) is 41.2 Å². The lowest BCUT2D eigenvalue weighted by molar-refractivity contribution is 0.609. The van der Waals surface area contributed by atoms with Gasteiger partial charge in [0.05, 0.1) is 18.9 Å². The van der Waals surface area contributed by atoms with Gasteiger partial charge in [-0.05, 0) is 12.0 Å². The lowest BCUT2D eigenvalue weighted by Crippen LogP contribution is -2.30. The van der Waals surface area contributed by atoms with Crippen molar-refractivity contribution in [1.82, 2.24) is 19.9 Å². The molecule has 0 unspecified atom stereocenters. The second-order valence-corrected chi connectivity index (χ2v) is 5.70. The monoisotopic (exact) mass is 287 g/mol. The van der Waals surface area contributed by atoms with Gasteiger partial charge in [-0.2, -0.15) is 0 Å². The predicted octanol–water partition coefficient (Wildman–Crippen LogP) is 2.18. The molecule has 0 fully saturated rings. The van der Waals surface area contributed by atoms with Gasteiger partial charge in [-0.1, -0.05) is 0 Å². The Kier molecular flexibility index (Phi) is 2.59. The first-order chi connectivity index (χ1) is 9.81. The van der Waals surface area contributed by atoms with E-state index in [-0.39, 0.29) is 0 Å². The highest BCUT2D eigenvalue weighted by Crippen LogP contribution is 2.34. The minimum Gasteiger partial charge on any atom is -0.335 e. The number of hydrogen-bond donors (Lipinski definition) is 0. The molecule has 0 N–H and O–H groups in total. The van der Waals surface area contributed by atoms with Crippen molar-refractivity contribution < 1.29 is 4.39 Å². The molecule has 0 saturated carbocycles. The third kappa shape index (κ3) is 1.82. The number of hydrogen-bond acceptors (Lipinski definition) is 6. The summed E-state index contributed by atoms with van der Waals surface area (Å²) in [6, 6.07) is 0. The van der Waals surface area contributed by atoms with Gasteiger partial charge in [0.1, 0.15) is 11.2 Å². The number of thiophene rings is 1. The van der Waals surface area contributed by atoms with Crippen molar-refractivity contribution in [3.8, 4) is 0 Å². The van der Waals surface area contributed by atoms with Gasteiger partial charge in [0.2, 0.25) is 5.95 Å². The van der Waals surface area contributed by atoms with Gasteiger partial charge in [-0.15, -0.1) is 11.3 Å². The standard InChI is InChI=1S/C13H10FN5S/c14-8-3-16-13(17-4-8)19-2-1-9-10-5-15-7-18-12(10)20-11(9)6-19/h3-5,7H,1-2,6H2. The Balaban J connectivity index is 1.71. The van der Waals surface area contributed by atoms with Crippen LogP contribution in [-0.2, 0) is 13.0 Å². The average Bonchev–Trinajstić information content (AvgIpc) is 2.85. The van der Waals surface area contributed by atoms with Crippen LogP contribution in [0.25, 0.3) is 10.2 Å². The summed E-state index contributed by atoms with van der Waals surface area (Å²) in [5, 5.41) is 1.15. The van der Waals surface area contributed by atoms with E-state index in [9.17, 15) is 4.39 Å². The van der Waals surface area contributed by atoms with Gasteiger partial charge in [-0.25, -0.2) is 24.3 Å². The molecular formula is C13H10FN5S. The number of fused-ring (bicyclic) bond motifs is 3. The molecule has 3 aromatic rings.